The van der Waals surface area contributed by atoms with Gasteiger partial charge in [0.25, 0.3) is 5.91 Å². The van der Waals surface area contributed by atoms with E-state index in [0.29, 0.717) is 21.3 Å². The largest absolute Gasteiger partial charge is 0.321 e. The van der Waals surface area contributed by atoms with Crippen LogP contribution in [0.15, 0.2) is 30.3 Å². The van der Waals surface area contributed by atoms with Crippen molar-refractivity contribution in [2.45, 2.75) is 19.8 Å². The number of benzene rings is 1. The predicted octanol–water partition coefficient (Wildman–Crippen LogP) is 4.09. The highest BCUT2D eigenvalue weighted by Gasteiger charge is 2.23. The lowest BCUT2D eigenvalue weighted by Gasteiger charge is -2.19. The number of rotatable bonds is 3. The third kappa shape index (κ3) is 3.00. The van der Waals surface area contributed by atoms with E-state index >= 15 is 0 Å². The molecule has 1 aliphatic heterocycles. The molecule has 1 fully saturated rings. The van der Waals surface area contributed by atoms with E-state index in [0.717, 1.165) is 24.2 Å². The molecule has 0 unspecified atom stereocenters. The van der Waals surface area contributed by atoms with Crippen LogP contribution in [0.4, 0.5) is 11.4 Å². The zero-order valence-corrected chi connectivity index (χ0v) is 13.6. The lowest BCUT2D eigenvalue weighted by Crippen LogP contribution is -2.24. The Morgan fingerprint density at radius 3 is 2.77 bits per heavy atom. The molecule has 0 radical (unpaired) electrons. The number of amides is 2. The second-order valence-electron chi connectivity index (χ2n) is 5.21. The summed E-state index contributed by atoms with van der Waals surface area (Å²) in [4.78, 5) is 26.4. The van der Waals surface area contributed by atoms with Crippen molar-refractivity contribution in [3.05, 3.63) is 45.1 Å². The van der Waals surface area contributed by atoms with Gasteiger partial charge in [-0.2, -0.15) is 0 Å². The smallest absolute Gasteiger partial charge is 0.265 e. The first-order chi connectivity index (χ1) is 10.5. The van der Waals surface area contributed by atoms with Gasteiger partial charge < -0.3 is 10.2 Å². The number of hydrogen-bond donors (Lipinski definition) is 1. The molecule has 1 aromatic heterocycles. The Bertz CT molecular complexity index is 741. The van der Waals surface area contributed by atoms with Crippen molar-refractivity contribution in [2.75, 3.05) is 16.8 Å². The van der Waals surface area contributed by atoms with Gasteiger partial charge in [0.1, 0.15) is 0 Å². The second kappa shape index (κ2) is 6.10. The van der Waals surface area contributed by atoms with E-state index < -0.39 is 0 Å². The molecule has 1 saturated heterocycles. The van der Waals surface area contributed by atoms with Crippen molar-refractivity contribution in [3.63, 3.8) is 0 Å². The normalized spacial score (nSPS) is 14.5. The van der Waals surface area contributed by atoms with Crippen molar-refractivity contribution < 1.29 is 9.59 Å². The molecule has 0 atom stereocenters. The van der Waals surface area contributed by atoms with Crippen molar-refractivity contribution >= 4 is 46.1 Å². The molecule has 1 aromatic carbocycles. The minimum atomic E-state index is -0.195. The molecule has 2 amide bonds. The number of carbonyl (C=O) groups excluding carboxylic acids is 2. The molecule has 6 heteroatoms. The standard InChI is InChI=1S/C16H15ClN2O2S/c1-10-4-5-11(9-12(10)19-8-2-3-15(19)20)18-16(21)13-6-7-14(17)22-13/h4-7,9H,2-3,8H2,1H3,(H,18,21). The summed E-state index contributed by atoms with van der Waals surface area (Å²) in [5.74, 6) is -0.0592. The van der Waals surface area contributed by atoms with Gasteiger partial charge in [-0.05, 0) is 43.2 Å². The monoisotopic (exact) mass is 334 g/mol. The van der Waals surface area contributed by atoms with Gasteiger partial charge in [0.2, 0.25) is 5.91 Å². The summed E-state index contributed by atoms with van der Waals surface area (Å²) in [6.45, 7) is 2.70. The molecule has 114 valence electrons. The van der Waals surface area contributed by atoms with Crippen LogP contribution in [0.2, 0.25) is 4.34 Å². The lowest BCUT2D eigenvalue weighted by molar-refractivity contribution is -0.117. The number of hydrogen-bond acceptors (Lipinski definition) is 3. The number of nitrogens with one attached hydrogen (secondary N) is 1. The predicted molar refractivity (Wildman–Crippen MR) is 90.0 cm³/mol. The van der Waals surface area contributed by atoms with Crippen molar-refractivity contribution in [1.82, 2.24) is 0 Å². The zero-order chi connectivity index (χ0) is 15.7. The Morgan fingerprint density at radius 1 is 1.32 bits per heavy atom. The Labute approximate surface area is 137 Å². The van der Waals surface area contributed by atoms with Crippen LogP contribution in [0.3, 0.4) is 0 Å². The summed E-state index contributed by atoms with van der Waals surface area (Å²) in [6, 6.07) is 9.00. The van der Waals surface area contributed by atoms with Gasteiger partial charge in [0.05, 0.1) is 9.21 Å². The van der Waals surface area contributed by atoms with Gasteiger partial charge >= 0.3 is 0 Å². The Morgan fingerprint density at radius 2 is 2.14 bits per heavy atom. The van der Waals surface area contributed by atoms with Crippen LogP contribution in [-0.4, -0.2) is 18.4 Å². The fourth-order valence-corrected chi connectivity index (χ4v) is 3.45. The molecule has 0 saturated carbocycles. The van der Waals surface area contributed by atoms with Crippen LogP contribution in [-0.2, 0) is 4.79 Å². The highest BCUT2D eigenvalue weighted by Crippen LogP contribution is 2.29. The fraction of sp³-hybridized carbons (Fsp3) is 0.250. The summed E-state index contributed by atoms with van der Waals surface area (Å²) in [7, 11) is 0. The topological polar surface area (TPSA) is 49.4 Å². The lowest BCUT2D eigenvalue weighted by atomic mass is 10.1. The van der Waals surface area contributed by atoms with Crippen LogP contribution >= 0.6 is 22.9 Å². The minimum Gasteiger partial charge on any atom is -0.321 e. The van der Waals surface area contributed by atoms with E-state index in [1.54, 1.807) is 17.0 Å². The number of anilines is 2. The highest BCUT2D eigenvalue weighted by atomic mass is 35.5. The van der Waals surface area contributed by atoms with Crippen LogP contribution in [0, 0.1) is 6.92 Å². The number of thiophene rings is 1. The maximum absolute atomic E-state index is 12.2. The van der Waals surface area contributed by atoms with Crippen molar-refractivity contribution in [2.24, 2.45) is 0 Å². The van der Waals surface area contributed by atoms with Gasteiger partial charge in [-0.1, -0.05) is 17.7 Å². The zero-order valence-electron chi connectivity index (χ0n) is 12.1. The molecule has 2 heterocycles. The molecule has 1 N–H and O–H groups in total. The molecular formula is C16H15ClN2O2S. The van der Waals surface area contributed by atoms with E-state index in [1.165, 1.54) is 11.3 Å². The van der Waals surface area contributed by atoms with Crippen LogP contribution in [0.5, 0.6) is 0 Å². The van der Waals surface area contributed by atoms with E-state index in [-0.39, 0.29) is 11.8 Å². The first kappa shape index (κ1) is 15.1. The maximum atomic E-state index is 12.2. The molecule has 1 aliphatic rings. The number of halogens is 1. The van der Waals surface area contributed by atoms with E-state index in [1.807, 2.05) is 25.1 Å². The third-order valence-corrected chi connectivity index (χ3v) is 4.86. The summed E-state index contributed by atoms with van der Waals surface area (Å²) >= 11 is 7.09. The summed E-state index contributed by atoms with van der Waals surface area (Å²) in [6.07, 6.45) is 1.46. The third-order valence-electron chi connectivity index (χ3n) is 3.63. The van der Waals surface area contributed by atoms with Crippen LogP contribution in [0.1, 0.15) is 28.1 Å². The molecule has 4 nitrogen and oxygen atoms in total. The van der Waals surface area contributed by atoms with Gasteiger partial charge in [-0.3, -0.25) is 9.59 Å². The van der Waals surface area contributed by atoms with E-state index in [9.17, 15) is 9.59 Å². The highest BCUT2D eigenvalue weighted by molar-refractivity contribution is 7.18. The number of aryl methyl sites for hydroxylation is 1. The van der Waals surface area contributed by atoms with Crippen LogP contribution < -0.4 is 10.2 Å². The van der Waals surface area contributed by atoms with Gasteiger partial charge in [-0.25, -0.2) is 0 Å². The van der Waals surface area contributed by atoms with Crippen molar-refractivity contribution in [1.29, 1.82) is 0 Å². The van der Waals surface area contributed by atoms with E-state index in [2.05, 4.69) is 5.32 Å². The number of carbonyl (C=O) groups is 2. The summed E-state index contributed by atoms with van der Waals surface area (Å²) in [5, 5.41) is 2.85. The molecule has 0 bridgehead atoms. The quantitative estimate of drug-likeness (QED) is 0.919. The van der Waals surface area contributed by atoms with Crippen LogP contribution in [0.25, 0.3) is 0 Å². The van der Waals surface area contributed by atoms with Gasteiger partial charge in [0, 0.05) is 24.3 Å². The number of nitrogens with zero attached hydrogens (tertiary/aromatic N) is 1. The Balaban J connectivity index is 1.83. The first-order valence-corrected chi connectivity index (χ1v) is 8.22. The van der Waals surface area contributed by atoms with Crippen molar-refractivity contribution in [3.8, 4) is 0 Å². The summed E-state index contributed by atoms with van der Waals surface area (Å²) < 4.78 is 0.581. The average molecular weight is 335 g/mol. The summed E-state index contributed by atoms with van der Waals surface area (Å²) in [5.41, 5.74) is 2.56. The molecule has 22 heavy (non-hydrogen) atoms. The molecule has 0 spiro atoms. The molecular weight excluding hydrogens is 320 g/mol. The Hall–Kier alpha value is -1.85. The Kier molecular flexibility index (Phi) is 4.18. The molecule has 3 rings (SSSR count). The van der Waals surface area contributed by atoms with Gasteiger partial charge in [-0.15, -0.1) is 11.3 Å². The first-order valence-electron chi connectivity index (χ1n) is 7.02. The SMILES string of the molecule is Cc1ccc(NC(=O)c2ccc(Cl)s2)cc1N1CCCC1=O. The fourth-order valence-electron chi connectivity index (χ4n) is 2.51. The second-order valence-corrected chi connectivity index (χ2v) is 6.92. The molecule has 0 aliphatic carbocycles. The average Bonchev–Trinajstić information content (AvgIpc) is 3.10. The molecule has 2 aromatic rings. The van der Waals surface area contributed by atoms with Gasteiger partial charge in [0.15, 0.2) is 0 Å². The maximum Gasteiger partial charge on any atom is 0.265 e. The van der Waals surface area contributed by atoms with E-state index in [4.69, 9.17) is 11.6 Å². The minimum absolute atomic E-state index is 0.136.